The standard InChI is InChI=1S/C60H90N6O14.C18H14F3N3O4S/c1-37(2)31-47-57(71)77-41(9)53(67)61(11)50(34-40(7)8)60(74)80-52(36-44-17-21-46(22-18-44)66-25-29-76-30-26-66)56(70)64(14)48(32-38(3)4)58(72)78-42(10)54(68)62(12)49(33-39(5)6)59(73)79-51(55(69)63(47)13)35-43-15-19-45(20-16-43)65-23-27-75-28-24-65;1-10-9-11(24-16(26)22-15(25)23(2)17(24)27)3-8-14(10)28-12-4-6-13(7-5-12)29-18(19,20)21/h15-22,37-42,47-52H,23-36H2,1-14H3;3-9H,1-2H3,(H,22,25,26)/t41-,42-,47+,48+,49+,50+,51-,52-;/m1./s1. The second-order valence-corrected chi connectivity index (χ2v) is 30.4. The first-order valence-corrected chi connectivity index (χ1v) is 37.4. The highest BCUT2D eigenvalue weighted by atomic mass is 32.2. The van der Waals surface area contributed by atoms with Crippen LogP contribution in [-0.2, 0) is 86.7 Å². The molecule has 4 amide bonds. The summed E-state index contributed by atoms with van der Waals surface area (Å²) in [5, 5.41) is 0. The van der Waals surface area contributed by atoms with Gasteiger partial charge in [0.2, 0.25) is 0 Å². The molecule has 4 aromatic carbocycles. The first-order valence-electron chi connectivity index (χ1n) is 36.6. The fourth-order valence-corrected chi connectivity index (χ4v) is 13.3. The lowest BCUT2D eigenvalue weighted by atomic mass is 10.00. The maximum atomic E-state index is 15.0. The lowest BCUT2D eigenvalue weighted by molar-refractivity contribution is -0.176. The van der Waals surface area contributed by atoms with Crippen molar-refractivity contribution in [3.8, 4) is 17.2 Å². The van der Waals surface area contributed by atoms with Gasteiger partial charge in [-0.1, -0.05) is 79.7 Å². The van der Waals surface area contributed by atoms with Gasteiger partial charge in [0.1, 0.15) is 35.7 Å². The molecule has 8 rings (SSSR count). The number of halogens is 3. The van der Waals surface area contributed by atoms with Crippen LogP contribution in [0.3, 0.4) is 0 Å². The number of alkyl halides is 3. The van der Waals surface area contributed by atoms with Gasteiger partial charge in [-0.3, -0.25) is 24.2 Å². The SMILES string of the molecule is CC(C)C[C@H]1C(=O)O[C@H](Cc2ccc(N3CCOCC3)cc2)C(=O)N(C)[C@@H](CC(C)C)C(=O)O[C@H](C)C(=O)N(C)[C@@H](CC(C)C)C(=O)O[C@H](Cc2ccc(N3CCOCC3)cc2)C(=O)N(C)[C@@H](CC(C)C)C(=O)O[C@H](C)C(=O)N1C.Cc1cc(-n2c(=O)[nH]c(=O)n(C)c2=O)ccc1Oc1ccc(SC(F)(F)F)cc1. The van der Waals surface area contributed by atoms with Crippen molar-refractivity contribution in [2.24, 2.45) is 30.7 Å². The van der Waals surface area contributed by atoms with Crippen molar-refractivity contribution in [1.29, 1.82) is 0 Å². The number of aromatic nitrogens is 3. The fourth-order valence-electron chi connectivity index (χ4n) is 12.7. The third-order valence-electron chi connectivity index (χ3n) is 18.8. The number of H-pyrrole nitrogens is 1. The van der Waals surface area contributed by atoms with E-state index >= 15 is 0 Å². The lowest BCUT2D eigenvalue weighted by Gasteiger charge is -2.35. The van der Waals surface area contributed by atoms with Crippen molar-refractivity contribution in [3.63, 3.8) is 0 Å². The number of cyclic esters (lactones) is 4. The molecule has 0 saturated carbocycles. The molecule has 3 fully saturated rings. The minimum atomic E-state index is -4.37. The van der Waals surface area contributed by atoms with Gasteiger partial charge in [0.15, 0.2) is 24.4 Å². The van der Waals surface area contributed by atoms with Crippen LogP contribution in [0.1, 0.15) is 112 Å². The van der Waals surface area contributed by atoms with E-state index < -0.39 is 119 Å². The molecule has 3 aliphatic heterocycles. The topological polar surface area (TPSA) is 297 Å². The largest absolute Gasteiger partial charge is 0.457 e. The molecule has 0 aliphatic carbocycles. The van der Waals surface area contributed by atoms with Crippen LogP contribution in [0, 0.1) is 30.6 Å². The Morgan fingerprint density at radius 2 is 0.817 bits per heavy atom. The number of anilines is 2. The number of carbonyl (C=O) groups is 8. The summed E-state index contributed by atoms with van der Waals surface area (Å²) in [6, 6.07) is 19.8. The molecular formula is C78H104F3N9O18S. The Balaban J connectivity index is 0.000000472. The van der Waals surface area contributed by atoms with Gasteiger partial charge < -0.3 is 62.6 Å². The molecule has 31 heteroatoms. The van der Waals surface area contributed by atoms with Gasteiger partial charge in [-0.2, -0.15) is 13.2 Å². The quantitative estimate of drug-likeness (QED) is 0.0490. The van der Waals surface area contributed by atoms with E-state index in [2.05, 4.69) is 9.80 Å². The van der Waals surface area contributed by atoms with Gasteiger partial charge in [0, 0.05) is 90.5 Å². The monoisotopic (exact) mass is 1540 g/mol. The minimum Gasteiger partial charge on any atom is -0.457 e. The van der Waals surface area contributed by atoms with E-state index in [-0.39, 0.29) is 84.5 Å². The van der Waals surface area contributed by atoms with Crippen molar-refractivity contribution in [2.45, 2.75) is 174 Å². The summed E-state index contributed by atoms with van der Waals surface area (Å²) in [6.07, 6.45) is -5.82. The highest BCUT2D eigenvalue weighted by Gasteiger charge is 2.43. The first-order chi connectivity index (χ1) is 51.3. The van der Waals surface area contributed by atoms with Crippen LogP contribution in [0.2, 0.25) is 0 Å². The maximum Gasteiger partial charge on any atom is 0.446 e. The van der Waals surface area contributed by atoms with E-state index in [0.29, 0.717) is 80.8 Å². The second-order valence-electron chi connectivity index (χ2n) is 29.3. The van der Waals surface area contributed by atoms with Crippen LogP contribution in [0.5, 0.6) is 11.5 Å². The van der Waals surface area contributed by atoms with Crippen LogP contribution in [0.25, 0.3) is 5.69 Å². The average Bonchev–Trinajstić information content (AvgIpc) is 0.790. The third kappa shape index (κ3) is 24.3. The van der Waals surface area contributed by atoms with E-state index in [1.807, 2.05) is 109 Å². The van der Waals surface area contributed by atoms with Crippen LogP contribution in [0.4, 0.5) is 24.5 Å². The molecule has 596 valence electrons. The van der Waals surface area contributed by atoms with Gasteiger partial charge >= 0.3 is 46.5 Å². The Hall–Kier alpha value is -9.49. The lowest BCUT2D eigenvalue weighted by Crippen LogP contribution is -2.55. The third-order valence-corrected chi connectivity index (χ3v) is 19.6. The number of carbonyl (C=O) groups excluding carboxylic acids is 8. The number of amides is 4. The summed E-state index contributed by atoms with van der Waals surface area (Å²) in [7, 11) is 6.85. The van der Waals surface area contributed by atoms with Crippen molar-refractivity contribution in [1.82, 2.24) is 33.7 Å². The van der Waals surface area contributed by atoms with Crippen molar-refractivity contribution in [3.05, 3.63) is 139 Å². The van der Waals surface area contributed by atoms with E-state index in [0.717, 1.165) is 30.3 Å². The van der Waals surface area contributed by atoms with Crippen molar-refractivity contribution in [2.75, 3.05) is 90.6 Å². The average molecular weight is 1540 g/mol. The summed E-state index contributed by atoms with van der Waals surface area (Å²) in [5.74, 6) is -6.57. The van der Waals surface area contributed by atoms with Crippen molar-refractivity contribution < 1.29 is 84.7 Å². The zero-order chi connectivity index (χ0) is 80.5. The van der Waals surface area contributed by atoms with Crippen LogP contribution < -0.4 is 31.6 Å². The molecule has 27 nitrogen and oxygen atoms in total. The number of hydrogen-bond acceptors (Lipinski definition) is 21. The summed E-state index contributed by atoms with van der Waals surface area (Å²) in [4.78, 5) is 164. The number of nitrogens with zero attached hydrogens (tertiary/aromatic N) is 8. The van der Waals surface area contributed by atoms with Gasteiger partial charge in [0.25, 0.3) is 23.6 Å². The van der Waals surface area contributed by atoms with Gasteiger partial charge in [0.05, 0.1) is 32.1 Å². The maximum absolute atomic E-state index is 15.0. The Morgan fingerprint density at radius 3 is 1.17 bits per heavy atom. The number of thioether (sulfide) groups is 1. The summed E-state index contributed by atoms with van der Waals surface area (Å²) in [6.45, 7) is 24.4. The number of esters is 4. The molecule has 4 heterocycles. The number of morpholine rings is 2. The van der Waals surface area contributed by atoms with E-state index in [1.165, 1.54) is 101 Å². The minimum absolute atomic E-state index is 0.0326. The molecular weight excluding hydrogens is 1440 g/mol. The van der Waals surface area contributed by atoms with Crippen LogP contribution in [-0.4, -0.2) is 216 Å². The van der Waals surface area contributed by atoms with E-state index in [4.69, 9.17) is 33.2 Å². The van der Waals surface area contributed by atoms with Crippen LogP contribution in [0.15, 0.2) is 110 Å². The number of benzene rings is 4. The Bertz CT molecular complexity index is 3960. The van der Waals surface area contributed by atoms with Gasteiger partial charge in [-0.05, 0) is 165 Å². The van der Waals surface area contributed by atoms with Gasteiger partial charge in [-0.15, -0.1) is 0 Å². The Labute approximate surface area is 637 Å². The molecule has 0 bridgehead atoms. The number of aryl methyl sites for hydroxylation is 1. The predicted octanol–water partition coefficient (Wildman–Crippen LogP) is 8.28. The summed E-state index contributed by atoms with van der Waals surface area (Å²) >= 11 is -0.221. The molecule has 3 saturated heterocycles. The summed E-state index contributed by atoms with van der Waals surface area (Å²) in [5.41, 5.74) is -2.89. The smallest absolute Gasteiger partial charge is 0.446 e. The normalized spacial score (nSPS) is 21.8. The number of hydrogen-bond donors (Lipinski definition) is 1. The first kappa shape index (κ1) is 86.7. The number of likely N-dealkylation sites (N-methyl/N-ethyl adjacent to an activating group) is 4. The molecule has 0 radical (unpaired) electrons. The number of nitrogens with one attached hydrogen (secondary N) is 1. The Kier molecular flexibility index (Phi) is 31.2. The van der Waals surface area contributed by atoms with Crippen molar-refractivity contribution >= 4 is 70.6 Å². The summed E-state index contributed by atoms with van der Waals surface area (Å²) < 4.78 is 79.7. The molecule has 109 heavy (non-hydrogen) atoms. The highest BCUT2D eigenvalue weighted by molar-refractivity contribution is 8.00. The molecule has 1 aromatic heterocycles. The fraction of sp³-hybridized carbons (Fsp3) is 0.551. The number of aromatic amines is 1. The number of rotatable bonds is 18. The molecule has 1 N–H and O–H groups in total. The van der Waals surface area contributed by atoms with Crippen LogP contribution >= 0.6 is 11.8 Å². The molecule has 5 aromatic rings. The highest BCUT2D eigenvalue weighted by Crippen LogP contribution is 2.38. The van der Waals surface area contributed by atoms with E-state index in [9.17, 15) is 65.9 Å². The second kappa shape index (κ2) is 39.2. The zero-order valence-corrected chi connectivity index (χ0v) is 65.8. The molecule has 8 atom stereocenters. The molecule has 3 aliphatic rings. The Morgan fingerprint density at radius 1 is 0.468 bits per heavy atom. The molecule has 0 spiro atoms. The van der Waals surface area contributed by atoms with Gasteiger partial charge in [-0.25, -0.2) is 42.7 Å². The molecule has 0 unspecified atom stereocenters. The number of ether oxygens (including phenoxy) is 7. The van der Waals surface area contributed by atoms with E-state index in [1.54, 1.807) is 6.92 Å². The zero-order valence-electron chi connectivity index (χ0n) is 65.0. The predicted molar refractivity (Wildman–Crippen MR) is 402 cm³/mol.